The molecule has 0 radical (unpaired) electrons. The van der Waals surface area contributed by atoms with Crippen molar-refractivity contribution in [1.29, 1.82) is 0 Å². The van der Waals surface area contributed by atoms with E-state index in [2.05, 4.69) is 5.32 Å². The van der Waals surface area contributed by atoms with Gasteiger partial charge in [0.1, 0.15) is 11.9 Å². The van der Waals surface area contributed by atoms with Gasteiger partial charge in [-0.25, -0.2) is 4.39 Å². The first-order valence-corrected chi connectivity index (χ1v) is 10.5. The number of carbonyl (C=O) groups is 2. The van der Waals surface area contributed by atoms with E-state index in [1.165, 1.54) is 22.7 Å². The van der Waals surface area contributed by atoms with Gasteiger partial charge in [-0.2, -0.15) is 0 Å². The molecule has 6 heteroatoms. The van der Waals surface area contributed by atoms with Gasteiger partial charge in [0, 0.05) is 23.9 Å². The highest BCUT2D eigenvalue weighted by atomic mass is 32.2. The Hall–Kier alpha value is -2.34. The molecule has 0 aliphatic rings. The Morgan fingerprint density at radius 2 is 1.68 bits per heavy atom. The van der Waals surface area contributed by atoms with E-state index in [4.69, 9.17) is 0 Å². The van der Waals surface area contributed by atoms with Gasteiger partial charge in [0.2, 0.25) is 11.8 Å². The molecule has 2 rings (SSSR count). The number of hydrogen-bond acceptors (Lipinski definition) is 3. The van der Waals surface area contributed by atoms with Crippen LogP contribution in [-0.2, 0) is 21.9 Å². The smallest absolute Gasteiger partial charge is 0.242 e. The van der Waals surface area contributed by atoms with Crippen LogP contribution < -0.4 is 5.32 Å². The maximum absolute atomic E-state index is 14.1. The Kier molecular flexibility index (Phi) is 8.51. The maximum Gasteiger partial charge on any atom is 0.242 e. The van der Waals surface area contributed by atoms with E-state index in [0.29, 0.717) is 11.3 Å². The molecule has 4 nitrogen and oxygen atoms in total. The summed E-state index contributed by atoms with van der Waals surface area (Å²) in [5, 5.41) is 2.83. The lowest BCUT2D eigenvalue weighted by Crippen LogP contribution is -2.49. The molecule has 0 saturated carbocycles. The normalized spacial score (nSPS) is 11.9. The minimum absolute atomic E-state index is 0.0344. The molecule has 0 spiro atoms. The Balaban J connectivity index is 2.08. The average molecular weight is 403 g/mol. The Labute approximate surface area is 170 Å². The van der Waals surface area contributed by atoms with Crippen LogP contribution in [0.4, 0.5) is 4.39 Å². The Morgan fingerprint density at radius 3 is 2.32 bits per heavy atom. The van der Waals surface area contributed by atoms with Crippen molar-refractivity contribution in [2.24, 2.45) is 0 Å². The topological polar surface area (TPSA) is 49.4 Å². The fraction of sp³-hybridized carbons (Fsp3) is 0.364. The predicted molar refractivity (Wildman–Crippen MR) is 112 cm³/mol. The molecular formula is C22H27FN2O2S. The van der Waals surface area contributed by atoms with Crippen molar-refractivity contribution in [3.8, 4) is 0 Å². The zero-order valence-electron chi connectivity index (χ0n) is 16.5. The van der Waals surface area contributed by atoms with Crippen LogP contribution in [0.1, 0.15) is 31.9 Å². The van der Waals surface area contributed by atoms with E-state index >= 15 is 0 Å². The van der Waals surface area contributed by atoms with E-state index in [-0.39, 0.29) is 36.0 Å². The number of thioether (sulfide) groups is 1. The molecule has 0 aliphatic heterocycles. The first-order chi connectivity index (χ1) is 13.4. The summed E-state index contributed by atoms with van der Waals surface area (Å²) in [6.45, 7) is 5.47. The second-order valence-electron chi connectivity index (χ2n) is 6.93. The van der Waals surface area contributed by atoms with Gasteiger partial charge in [0.05, 0.1) is 5.75 Å². The SMILES string of the molecule is CC(C)NC(=O)C(C)N(Cc1ccccc1F)C(=O)CSCc1ccccc1. The summed E-state index contributed by atoms with van der Waals surface area (Å²) in [7, 11) is 0. The van der Waals surface area contributed by atoms with E-state index < -0.39 is 6.04 Å². The molecule has 1 unspecified atom stereocenters. The second-order valence-corrected chi connectivity index (χ2v) is 7.92. The summed E-state index contributed by atoms with van der Waals surface area (Å²) in [4.78, 5) is 26.8. The van der Waals surface area contributed by atoms with Crippen molar-refractivity contribution in [3.63, 3.8) is 0 Å². The number of halogens is 1. The molecular weight excluding hydrogens is 375 g/mol. The van der Waals surface area contributed by atoms with Crippen molar-refractivity contribution in [2.75, 3.05) is 5.75 Å². The molecule has 2 amide bonds. The molecule has 0 aromatic heterocycles. The van der Waals surface area contributed by atoms with Crippen molar-refractivity contribution >= 4 is 23.6 Å². The summed E-state index contributed by atoms with van der Waals surface area (Å²) >= 11 is 1.48. The van der Waals surface area contributed by atoms with Crippen LogP contribution in [0.25, 0.3) is 0 Å². The highest BCUT2D eigenvalue weighted by Gasteiger charge is 2.27. The van der Waals surface area contributed by atoms with Gasteiger partial charge in [0.25, 0.3) is 0 Å². The van der Waals surface area contributed by atoms with Gasteiger partial charge in [-0.15, -0.1) is 11.8 Å². The zero-order chi connectivity index (χ0) is 20.5. The molecule has 1 N–H and O–H groups in total. The summed E-state index contributed by atoms with van der Waals surface area (Å²) in [6, 6.07) is 15.5. The number of hydrogen-bond donors (Lipinski definition) is 1. The summed E-state index contributed by atoms with van der Waals surface area (Å²) in [6.07, 6.45) is 0. The maximum atomic E-state index is 14.1. The first kappa shape index (κ1) is 22.0. The van der Waals surface area contributed by atoms with Crippen molar-refractivity contribution in [3.05, 3.63) is 71.5 Å². The molecule has 0 heterocycles. The van der Waals surface area contributed by atoms with Crippen LogP contribution in [0, 0.1) is 5.82 Å². The third-order valence-corrected chi connectivity index (χ3v) is 5.22. The minimum atomic E-state index is -0.688. The Morgan fingerprint density at radius 1 is 1.04 bits per heavy atom. The van der Waals surface area contributed by atoms with Gasteiger partial charge in [-0.1, -0.05) is 48.5 Å². The number of benzene rings is 2. The molecule has 0 saturated heterocycles. The molecule has 150 valence electrons. The third kappa shape index (κ3) is 6.68. The van der Waals surface area contributed by atoms with E-state index in [9.17, 15) is 14.0 Å². The number of amides is 2. The number of nitrogens with one attached hydrogen (secondary N) is 1. The lowest BCUT2D eigenvalue weighted by atomic mass is 10.1. The highest BCUT2D eigenvalue weighted by molar-refractivity contribution is 7.99. The lowest BCUT2D eigenvalue weighted by molar-refractivity contribution is -0.138. The molecule has 2 aromatic carbocycles. The van der Waals surface area contributed by atoms with Crippen LogP contribution in [0.5, 0.6) is 0 Å². The van der Waals surface area contributed by atoms with Gasteiger partial charge in [-0.05, 0) is 32.4 Å². The Bertz CT molecular complexity index is 783. The molecule has 1 atom stereocenters. The first-order valence-electron chi connectivity index (χ1n) is 9.33. The average Bonchev–Trinajstić information content (AvgIpc) is 2.67. The molecule has 28 heavy (non-hydrogen) atoms. The highest BCUT2D eigenvalue weighted by Crippen LogP contribution is 2.17. The standard InChI is InChI=1S/C22H27FN2O2S/c1-16(2)24-22(27)17(3)25(13-19-11-7-8-12-20(19)23)21(26)15-28-14-18-9-5-4-6-10-18/h4-12,16-17H,13-15H2,1-3H3,(H,24,27). The van der Waals surface area contributed by atoms with Crippen molar-refractivity contribution < 1.29 is 14.0 Å². The van der Waals surface area contributed by atoms with Crippen molar-refractivity contribution in [1.82, 2.24) is 10.2 Å². The summed E-state index contributed by atoms with van der Waals surface area (Å²) in [5.41, 5.74) is 1.53. The number of carbonyl (C=O) groups excluding carboxylic acids is 2. The van der Waals surface area contributed by atoms with E-state index in [0.717, 1.165) is 5.56 Å². The van der Waals surface area contributed by atoms with E-state index in [1.54, 1.807) is 25.1 Å². The van der Waals surface area contributed by atoms with Gasteiger partial charge < -0.3 is 10.2 Å². The largest absolute Gasteiger partial charge is 0.352 e. The molecule has 0 fully saturated rings. The molecule has 2 aromatic rings. The van der Waals surface area contributed by atoms with Gasteiger partial charge in [-0.3, -0.25) is 9.59 Å². The predicted octanol–water partition coefficient (Wildman–Crippen LogP) is 4.00. The zero-order valence-corrected chi connectivity index (χ0v) is 17.3. The molecule has 0 aliphatic carbocycles. The summed E-state index contributed by atoms with van der Waals surface area (Å²) < 4.78 is 14.1. The van der Waals surface area contributed by atoms with Gasteiger partial charge in [0.15, 0.2) is 0 Å². The van der Waals surface area contributed by atoms with Crippen LogP contribution in [0.15, 0.2) is 54.6 Å². The van der Waals surface area contributed by atoms with Crippen molar-refractivity contribution in [2.45, 2.75) is 45.2 Å². The van der Waals surface area contributed by atoms with E-state index in [1.807, 2.05) is 44.2 Å². The van der Waals surface area contributed by atoms with Crippen LogP contribution >= 0.6 is 11.8 Å². The fourth-order valence-electron chi connectivity index (χ4n) is 2.71. The number of nitrogens with zero attached hydrogens (tertiary/aromatic N) is 1. The quantitative estimate of drug-likeness (QED) is 0.690. The van der Waals surface area contributed by atoms with Gasteiger partial charge >= 0.3 is 0 Å². The monoisotopic (exact) mass is 402 g/mol. The van der Waals surface area contributed by atoms with Crippen LogP contribution in [0.2, 0.25) is 0 Å². The fourth-order valence-corrected chi connectivity index (χ4v) is 3.58. The third-order valence-electron chi connectivity index (χ3n) is 4.23. The minimum Gasteiger partial charge on any atom is -0.352 e. The second kappa shape index (κ2) is 10.9. The summed E-state index contributed by atoms with van der Waals surface area (Å²) in [5.74, 6) is 0.118. The number of rotatable bonds is 9. The lowest BCUT2D eigenvalue weighted by Gasteiger charge is -2.29. The molecule has 0 bridgehead atoms. The van der Waals surface area contributed by atoms with Crippen LogP contribution in [0.3, 0.4) is 0 Å². The van der Waals surface area contributed by atoms with Crippen LogP contribution in [-0.4, -0.2) is 34.6 Å².